The highest BCUT2D eigenvalue weighted by atomic mass is 32.2. The molecule has 1 saturated heterocycles. The predicted molar refractivity (Wildman–Crippen MR) is 92.5 cm³/mol. The zero-order chi connectivity index (χ0) is 17.9. The van der Waals surface area contributed by atoms with Crippen LogP contribution in [0.15, 0.2) is 41.6 Å². The Morgan fingerprint density at radius 3 is 2.96 bits per heavy atom. The standard InChI is InChI=1S/C17H23N3O4S/c1-3-19-11-15(10-18-19)17-12-20(7-8-24-17)25(21,22)16-6-4-5-14(9-16)13-23-2/h4-6,9-11,17H,3,7-8,12-13H2,1-2H3. The van der Waals surface area contributed by atoms with Crippen molar-refractivity contribution in [3.63, 3.8) is 0 Å². The Morgan fingerprint density at radius 1 is 1.40 bits per heavy atom. The van der Waals surface area contributed by atoms with E-state index in [-0.39, 0.29) is 17.5 Å². The average molecular weight is 365 g/mol. The molecular weight excluding hydrogens is 342 g/mol. The minimum Gasteiger partial charge on any atom is -0.380 e. The number of hydrogen-bond donors (Lipinski definition) is 0. The van der Waals surface area contributed by atoms with Gasteiger partial charge in [-0.15, -0.1) is 0 Å². The summed E-state index contributed by atoms with van der Waals surface area (Å²) in [4.78, 5) is 0.284. The minimum absolute atomic E-state index is 0.284. The number of aromatic nitrogens is 2. The van der Waals surface area contributed by atoms with Crippen molar-refractivity contribution in [2.45, 2.75) is 31.1 Å². The van der Waals surface area contributed by atoms with Crippen molar-refractivity contribution in [1.82, 2.24) is 14.1 Å². The van der Waals surface area contributed by atoms with E-state index in [0.717, 1.165) is 17.7 Å². The number of methoxy groups -OCH3 is 1. The van der Waals surface area contributed by atoms with Gasteiger partial charge in [-0.05, 0) is 24.6 Å². The highest BCUT2D eigenvalue weighted by molar-refractivity contribution is 7.89. The van der Waals surface area contributed by atoms with Crippen LogP contribution in [0.2, 0.25) is 0 Å². The molecule has 0 N–H and O–H groups in total. The highest BCUT2D eigenvalue weighted by Gasteiger charge is 2.32. The van der Waals surface area contributed by atoms with E-state index in [0.29, 0.717) is 19.8 Å². The van der Waals surface area contributed by atoms with Crippen molar-refractivity contribution >= 4 is 10.0 Å². The number of morpholine rings is 1. The van der Waals surface area contributed by atoms with E-state index < -0.39 is 10.0 Å². The van der Waals surface area contributed by atoms with E-state index in [1.165, 1.54) is 4.31 Å². The maximum atomic E-state index is 13.0. The fourth-order valence-electron chi connectivity index (χ4n) is 2.88. The van der Waals surface area contributed by atoms with Gasteiger partial charge in [-0.2, -0.15) is 9.40 Å². The van der Waals surface area contributed by atoms with Gasteiger partial charge in [-0.25, -0.2) is 8.42 Å². The van der Waals surface area contributed by atoms with Gasteiger partial charge in [0.05, 0.1) is 30.4 Å². The van der Waals surface area contributed by atoms with E-state index in [1.807, 2.05) is 19.2 Å². The van der Waals surface area contributed by atoms with Crippen molar-refractivity contribution in [3.8, 4) is 0 Å². The summed E-state index contributed by atoms with van der Waals surface area (Å²) < 4.78 is 40.1. The average Bonchev–Trinajstić information content (AvgIpc) is 3.12. The Balaban J connectivity index is 1.81. The number of nitrogens with zero attached hydrogens (tertiary/aromatic N) is 3. The summed E-state index contributed by atoms with van der Waals surface area (Å²) in [5, 5.41) is 4.24. The molecule has 25 heavy (non-hydrogen) atoms. The van der Waals surface area contributed by atoms with Gasteiger partial charge < -0.3 is 9.47 Å². The third-order valence-electron chi connectivity index (χ3n) is 4.23. The summed E-state index contributed by atoms with van der Waals surface area (Å²) in [6.07, 6.45) is 3.34. The summed E-state index contributed by atoms with van der Waals surface area (Å²) in [5.41, 5.74) is 1.73. The van der Waals surface area contributed by atoms with Crippen LogP contribution in [0.4, 0.5) is 0 Å². The Hall–Kier alpha value is -1.74. The van der Waals surface area contributed by atoms with E-state index in [9.17, 15) is 8.42 Å². The third-order valence-corrected chi connectivity index (χ3v) is 6.09. The quantitative estimate of drug-likeness (QED) is 0.781. The predicted octanol–water partition coefficient (Wildman–Crippen LogP) is 1.81. The van der Waals surface area contributed by atoms with Gasteiger partial charge in [0.25, 0.3) is 0 Å². The molecule has 1 aliphatic heterocycles. The van der Waals surface area contributed by atoms with Crippen LogP contribution in [0.25, 0.3) is 0 Å². The summed E-state index contributed by atoms with van der Waals surface area (Å²) in [6, 6.07) is 6.88. The molecular formula is C17H23N3O4S. The second-order valence-corrected chi connectivity index (χ2v) is 7.87. The van der Waals surface area contributed by atoms with Crippen LogP contribution in [0.5, 0.6) is 0 Å². The van der Waals surface area contributed by atoms with Crippen molar-refractivity contribution in [3.05, 3.63) is 47.8 Å². The molecule has 2 heterocycles. The smallest absolute Gasteiger partial charge is 0.243 e. The van der Waals surface area contributed by atoms with Crippen molar-refractivity contribution in [2.24, 2.45) is 0 Å². The molecule has 1 aromatic carbocycles. The van der Waals surface area contributed by atoms with Gasteiger partial charge in [-0.3, -0.25) is 4.68 Å². The van der Waals surface area contributed by atoms with Crippen LogP contribution in [0.1, 0.15) is 24.2 Å². The van der Waals surface area contributed by atoms with Crippen LogP contribution < -0.4 is 0 Å². The van der Waals surface area contributed by atoms with E-state index in [4.69, 9.17) is 9.47 Å². The second kappa shape index (κ2) is 7.65. The van der Waals surface area contributed by atoms with Crippen LogP contribution in [0, 0.1) is 0 Å². The monoisotopic (exact) mass is 365 g/mol. The van der Waals surface area contributed by atoms with Crippen LogP contribution in [-0.4, -0.2) is 49.3 Å². The number of benzene rings is 1. The van der Waals surface area contributed by atoms with Crippen molar-refractivity contribution in [1.29, 1.82) is 0 Å². The second-order valence-electron chi connectivity index (χ2n) is 5.93. The minimum atomic E-state index is -3.57. The maximum Gasteiger partial charge on any atom is 0.243 e. The Morgan fingerprint density at radius 2 is 2.24 bits per heavy atom. The Labute approximate surface area is 148 Å². The largest absolute Gasteiger partial charge is 0.380 e. The molecule has 8 heteroatoms. The number of hydrogen-bond acceptors (Lipinski definition) is 5. The summed E-state index contributed by atoms with van der Waals surface area (Å²) in [6.45, 7) is 4.13. The first kappa shape index (κ1) is 18.1. The van der Waals surface area contributed by atoms with E-state index in [2.05, 4.69) is 5.10 Å². The lowest BCUT2D eigenvalue weighted by Gasteiger charge is -2.31. The SMILES string of the molecule is CCn1cc(C2CN(S(=O)(=O)c3cccc(COC)c3)CCO2)cn1. The van der Waals surface area contributed by atoms with Crippen LogP contribution >= 0.6 is 0 Å². The van der Waals surface area contributed by atoms with Crippen LogP contribution in [-0.2, 0) is 32.6 Å². The molecule has 1 unspecified atom stereocenters. The van der Waals surface area contributed by atoms with Gasteiger partial charge in [-0.1, -0.05) is 12.1 Å². The molecule has 3 rings (SSSR count). The molecule has 0 amide bonds. The maximum absolute atomic E-state index is 13.0. The Bertz CT molecular complexity index is 819. The topological polar surface area (TPSA) is 73.7 Å². The molecule has 0 bridgehead atoms. The lowest BCUT2D eigenvalue weighted by molar-refractivity contribution is -0.00260. The number of aryl methyl sites for hydroxylation is 1. The first-order valence-corrected chi connectivity index (χ1v) is 9.70. The summed E-state index contributed by atoms with van der Waals surface area (Å²) >= 11 is 0. The molecule has 0 spiro atoms. The van der Waals surface area contributed by atoms with Gasteiger partial charge in [0, 0.05) is 38.5 Å². The van der Waals surface area contributed by atoms with Gasteiger partial charge >= 0.3 is 0 Å². The molecule has 2 aromatic rings. The molecule has 1 aromatic heterocycles. The van der Waals surface area contributed by atoms with Gasteiger partial charge in [0.15, 0.2) is 0 Å². The molecule has 1 aliphatic rings. The number of sulfonamides is 1. The number of rotatable bonds is 6. The zero-order valence-corrected chi connectivity index (χ0v) is 15.3. The first-order chi connectivity index (χ1) is 12.0. The lowest BCUT2D eigenvalue weighted by Crippen LogP contribution is -2.42. The Kier molecular flexibility index (Phi) is 5.53. The van der Waals surface area contributed by atoms with Gasteiger partial charge in [0.1, 0.15) is 0 Å². The lowest BCUT2D eigenvalue weighted by atomic mass is 10.2. The number of ether oxygens (including phenoxy) is 2. The molecule has 0 saturated carbocycles. The molecule has 1 fully saturated rings. The molecule has 0 radical (unpaired) electrons. The molecule has 7 nitrogen and oxygen atoms in total. The van der Waals surface area contributed by atoms with E-state index in [1.54, 1.807) is 36.2 Å². The van der Waals surface area contributed by atoms with Crippen molar-refractivity contribution < 1.29 is 17.9 Å². The summed E-state index contributed by atoms with van der Waals surface area (Å²) in [7, 11) is -1.98. The van der Waals surface area contributed by atoms with Gasteiger partial charge in [0.2, 0.25) is 10.0 Å². The van der Waals surface area contributed by atoms with Crippen LogP contribution in [0.3, 0.4) is 0 Å². The molecule has 0 aliphatic carbocycles. The third kappa shape index (κ3) is 3.92. The zero-order valence-electron chi connectivity index (χ0n) is 14.5. The first-order valence-electron chi connectivity index (χ1n) is 8.26. The highest BCUT2D eigenvalue weighted by Crippen LogP contribution is 2.26. The molecule has 1 atom stereocenters. The van der Waals surface area contributed by atoms with Crippen molar-refractivity contribution in [2.75, 3.05) is 26.8 Å². The van der Waals surface area contributed by atoms with E-state index >= 15 is 0 Å². The fraction of sp³-hybridized carbons (Fsp3) is 0.471. The molecule has 136 valence electrons. The normalized spacial score (nSPS) is 19.2. The summed E-state index contributed by atoms with van der Waals surface area (Å²) in [5.74, 6) is 0. The fourth-order valence-corrected chi connectivity index (χ4v) is 4.37.